The van der Waals surface area contributed by atoms with Gasteiger partial charge in [0.2, 0.25) is 0 Å². The highest BCUT2D eigenvalue weighted by Crippen LogP contribution is 2.16. The Labute approximate surface area is 112 Å². The summed E-state index contributed by atoms with van der Waals surface area (Å²) in [7, 11) is 1.77. The minimum absolute atomic E-state index is 0.00491. The smallest absolute Gasteiger partial charge is 0.170 e. The van der Waals surface area contributed by atoms with Crippen LogP contribution in [0.2, 0.25) is 0 Å². The Bertz CT molecular complexity index is 576. The summed E-state index contributed by atoms with van der Waals surface area (Å²) in [5.41, 5.74) is 0.626. The molecule has 0 N–H and O–H groups in total. The Kier molecular flexibility index (Phi) is 3.94. The minimum Gasteiger partial charge on any atom is -0.491 e. The van der Waals surface area contributed by atoms with Gasteiger partial charge in [-0.25, -0.2) is 4.98 Å². The normalized spacial score (nSPS) is 10.7. The molecule has 1 aromatic heterocycles. The van der Waals surface area contributed by atoms with E-state index in [2.05, 4.69) is 10.1 Å². The Morgan fingerprint density at radius 3 is 2.84 bits per heavy atom. The van der Waals surface area contributed by atoms with Gasteiger partial charge in [-0.15, -0.1) is 0 Å². The summed E-state index contributed by atoms with van der Waals surface area (Å²) in [5, 5.41) is 3.95. The van der Waals surface area contributed by atoms with Crippen molar-refractivity contribution in [3.63, 3.8) is 0 Å². The fraction of sp³-hybridized carbons (Fsp3) is 0.357. The topological polar surface area (TPSA) is 57.0 Å². The van der Waals surface area contributed by atoms with Gasteiger partial charge in [0, 0.05) is 12.6 Å². The number of nitrogens with zero attached hydrogens (tertiary/aromatic N) is 3. The van der Waals surface area contributed by atoms with Gasteiger partial charge in [-0.1, -0.05) is 12.1 Å². The maximum atomic E-state index is 12.2. The number of aromatic nitrogens is 3. The van der Waals surface area contributed by atoms with Crippen LogP contribution in [0.25, 0.3) is 0 Å². The zero-order valence-corrected chi connectivity index (χ0v) is 11.3. The monoisotopic (exact) mass is 259 g/mol. The summed E-state index contributed by atoms with van der Waals surface area (Å²) < 4.78 is 7.18. The molecule has 0 aliphatic heterocycles. The second kappa shape index (κ2) is 5.65. The third-order valence-corrected chi connectivity index (χ3v) is 2.65. The first-order valence-corrected chi connectivity index (χ1v) is 6.19. The molecule has 2 rings (SSSR count). The number of Topliss-reactive ketones (excluding diaryl/α,β-unsaturated/α-hetero) is 1. The zero-order chi connectivity index (χ0) is 13.8. The van der Waals surface area contributed by atoms with Crippen LogP contribution in [0.4, 0.5) is 0 Å². The molecule has 19 heavy (non-hydrogen) atoms. The predicted octanol–water partition coefficient (Wildman–Crippen LogP) is 2.03. The number of rotatable bonds is 5. The molecule has 0 radical (unpaired) electrons. The van der Waals surface area contributed by atoms with Gasteiger partial charge in [0.15, 0.2) is 5.78 Å². The van der Waals surface area contributed by atoms with Gasteiger partial charge in [-0.05, 0) is 26.0 Å². The summed E-state index contributed by atoms with van der Waals surface area (Å²) in [5.74, 6) is 1.37. The molecule has 1 aromatic carbocycles. The number of hydrogen-bond donors (Lipinski definition) is 0. The number of ether oxygens (including phenoxy) is 1. The van der Waals surface area contributed by atoms with E-state index in [0.29, 0.717) is 17.1 Å². The van der Waals surface area contributed by atoms with E-state index >= 15 is 0 Å². The molecular formula is C14H17N3O2. The molecule has 0 unspecified atom stereocenters. The van der Waals surface area contributed by atoms with Gasteiger partial charge in [0.1, 0.15) is 17.9 Å². The van der Waals surface area contributed by atoms with Crippen molar-refractivity contribution < 1.29 is 9.53 Å². The molecular weight excluding hydrogens is 242 g/mol. The van der Waals surface area contributed by atoms with Gasteiger partial charge < -0.3 is 4.74 Å². The lowest BCUT2D eigenvalue weighted by Gasteiger charge is -2.10. The van der Waals surface area contributed by atoms with Crippen LogP contribution >= 0.6 is 0 Å². The number of hydrogen-bond acceptors (Lipinski definition) is 4. The minimum atomic E-state index is 0.00491. The number of ketones is 1. The molecule has 0 amide bonds. The van der Waals surface area contributed by atoms with E-state index in [1.165, 1.54) is 6.33 Å². The lowest BCUT2D eigenvalue weighted by molar-refractivity contribution is 0.0989. The third kappa shape index (κ3) is 3.40. The maximum absolute atomic E-state index is 12.2. The number of benzene rings is 1. The van der Waals surface area contributed by atoms with Crippen LogP contribution in [0.15, 0.2) is 30.6 Å². The van der Waals surface area contributed by atoms with Crippen LogP contribution in [0, 0.1) is 0 Å². The molecule has 0 fully saturated rings. The molecule has 0 spiro atoms. The lowest BCUT2D eigenvalue weighted by atomic mass is 10.1. The number of carbonyl (C=O) groups is 1. The van der Waals surface area contributed by atoms with Gasteiger partial charge in [0.25, 0.3) is 0 Å². The molecule has 0 aliphatic rings. The van der Waals surface area contributed by atoms with E-state index in [4.69, 9.17) is 4.74 Å². The average molecular weight is 259 g/mol. The van der Waals surface area contributed by atoms with Crippen LogP contribution < -0.4 is 4.74 Å². The predicted molar refractivity (Wildman–Crippen MR) is 71.2 cm³/mol. The summed E-state index contributed by atoms with van der Waals surface area (Å²) in [6, 6.07) is 7.21. The summed E-state index contributed by atoms with van der Waals surface area (Å²) in [6.45, 7) is 3.90. The van der Waals surface area contributed by atoms with Crippen molar-refractivity contribution in [3.8, 4) is 5.75 Å². The molecule has 2 aromatic rings. The fourth-order valence-electron chi connectivity index (χ4n) is 1.74. The van der Waals surface area contributed by atoms with E-state index in [9.17, 15) is 4.79 Å². The van der Waals surface area contributed by atoms with E-state index in [-0.39, 0.29) is 18.3 Å². The summed E-state index contributed by atoms with van der Waals surface area (Å²) in [4.78, 5) is 16.2. The molecule has 5 nitrogen and oxygen atoms in total. The highest BCUT2D eigenvalue weighted by Gasteiger charge is 2.11. The second-order valence-corrected chi connectivity index (χ2v) is 4.59. The second-order valence-electron chi connectivity index (χ2n) is 4.59. The van der Waals surface area contributed by atoms with Gasteiger partial charge >= 0.3 is 0 Å². The third-order valence-electron chi connectivity index (χ3n) is 2.65. The quantitative estimate of drug-likeness (QED) is 0.771. The van der Waals surface area contributed by atoms with Gasteiger partial charge in [-0.3, -0.25) is 9.48 Å². The highest BCUT2D eigenvalue weighted by atomic mass is 16.5. The Hall–Kier alpha value is -2.17. The van der Waals surface area contributed by atoms with Crippen molar-refractivity contribution in [1.82, 2.24) is 14.8 Å². The van der Waals surface area contributed by atoms with E-state index < -0.39 is 0 Å². The number of carbonyl (C=O) groups excluding carboxylic acids is 1. The zero-order valence-electron chi connectivity index (χ0n) is 11.3. The van der Waals surface area contributed by atoms with Crippen LogP contribution in [-0.2, 0) is 13.5 Å². The lowest BCUT2D eigenvalue weighted by Crippen LogP contribution is -2.10. The maximum Gasteiger partial charge on any atom is 0.170 e. The summed E-state index contributed by atoms with van der Waals surface area (Å²) >= 11 is 0. The fourth-order valence-corrected chi connectivity index (χ4v) is 1.74. The molecule has 0 atom stereocenters. The number of aryl methyl sites for hydroxylation is 1. The SMILES string of the molecule is CC(C)Oc1cccc(C(=O)Cc2ncnn2C)c1. The molecule has 0 saturated carbocycles. The Morgan fingerprint density at radius 2 is 2.21 bits per heavy atom. The molecule has 0 bridgehead atoms. The first-order valence-electron chi connectivity index (χ1n) is 6.19. The Balaban J connectivity index is 2.13. The largest absolute Gasteiger partial charge is 0.491 e. The van der Waals surface area contributed by atoms with Crippen molar-refractivity contribution in [2.45, 2.75) is 26.4 Å². The first-order chi connectivity index (χ1) is 9.06. The van der Waals surface area contributed by atoms with Gasteiger partial charge in [-0.2, -0.15) is 5.10 Å². The van der Waals surface area contributed by atoms with Crippen LogP contribution in [0.5, 0.6) is 5.75 Å². The van der Waals surface area contributed by atoms with Crippen molar-refractivity contribution in [1.29, 1.82) is 0 Å². The molecule has 0 saturated heterocycles. The molecule has 0 aliphatic carbocycles. The van der Waals surface area contributed by atoms with E-state index in [0.717, 1.165) is 0 Å². The Morgan fingerprint density at radius 1 is 1.42 bits per heavy atom. The van der Waals surface area contributed by atoms with Crippen LogP contribution in [0.3, 0.4) is 0 Å². The van der Waals surface area contributed by atoms with Crippen LogP contribution in [0.1, 0.15) is 30.0 Å². The van der Waals surface area contributed by atoms with E-state index in [1.54, 1.807) is 23.9 Å². The molecule has 5 heteroatoms. The molecule has 100 valence electrons. The first kappa shape index (κ1) is 13.3. The van der Waals surface area contributed by atoms with E-state index in [1.807, 2.05) is 26.0 Å². The van der Waals surface area contributed by atoms with Crippen molar-refractivity contribution in [2.75, 3.05) is 0 Å². The highest BCUT2D eigenvalue weighted by molar-refractivity contribution is 5.97. The average Bonchev–Trinajstić information content (AvgIpc) is 2.74. The van der Waals surface area contributed by atoms with Crippen molar-refractivity contribution >= 4 is 5.78 Å². The van der Waals surface area contributed by atoms with Crippen molar-refractivity contribution in [2.24, 2.45) is 7.05 Å². The van der Waals surface area contributed by atoms with Gasteiger partial charge in [0.05, 0.1) is 12.5 Å². The van der Waals surface area contributed by atoms with Crippen molar-refractivity contribution in [3.05, 3.63) is 42.0 Å². The summed E-state index contributed by atoms with van der Waals surface area (Å²) in [6.07, 6.45) is 1.77. The van der Waals surface area contributed by atoms with Crippen LogP contribution in [-0.4, -0.2) is 26.7 Å². The molecule has 1 heterocycles. The standard InChI is InChI=1S/C14H17N3O2/c1-10(2)19-12-6-4-5-11(7-12)13(18)8-14-15-9-16-17(14)3/h4-7,9-10H,8H2,1-3H3.